The summed E-state index contributed by atoms with van der Waals surface area (Å²) in [4.78, 5) is 2.31. The predicted octanol–water partition coefficient (Wildman–Crippen LogP) is 13.4. The van der Waals surface area contributed by atoms with Gasteiger partial charge in [-0.3, -0.25) is 0 Å². The van der Waals surface area contributed by atoms with Crippen LogP contribution in [0.1, 0.15) is 69.7 Å². The average molecular weight is 659 g/mol. The van der Waals surface area contributed by atoms with E-state index in [1.807, 2.05) is 12.1 Å². The van der Waals surface area contributed by atoms with Crippen LogP contribution in [-0.4, -0.2) is 4.57 Å². The van der Waals surface area contributed by atoms with Crippen molar-refractivity contribution in [3.05, 3.63) is 149 Å². The molecule has 3 heteroatoms. The highest BCUT2D eigenvalue weighted by Crippen LogP contribution is 2.52. The summed E-state index contributed by atoms with van der Waals surface area (Å²) in [5.41, 5.74) is 12.4. The standard InChI is InChI=1S/C36H32N2O.C11H18/c1-23-13-9-10-16-28(23)36(3,4)29-21-31-26(19-24(29)2)27-20-33-35(22-32(27)37(31)5)39-34-18-12-11-17-30(34)38(33)25-14-7-6-8-15-25;1-4-10(3)11-7-5-9(2)6-8-11/h6-22H,1-5H3;5,7-10H,4,6H2,1-3H3. The number of anilines is 3. The van der Waals surface area contributed by atoms with Crippen molar-refractivity contribution in [2.24, 2.45) is 18.9 Å². The Balaban J connectivity index is 0.000000306. The lowest BCUT2D eigenvalue weighted by Crippen LogP contribution is -2.21. The lowest BCUT2D eigenvalue weighted by atomic mass is 9.74. The Kier molecular flexibility index (Phi) is 8.95. The normalized spacial score (nSPS) is 15.9. The molecular formula is C47H50N2O. The molecule has 2 atom stereocenters. The Morgan fingerprint density at radius 3 is 2.16 bits per heavy atom. The molecule has 0 fully saturated rings. The van der Waals surface area contributed by atoms with Gasteiger partial charge in [0.05, 0.1) is 16.9 Å². The zero-order chi connectivity index (χ0) is 35.2. The Hall–Kier alpha value is -5.02. The van der Waals surface area contributed by atoms with Gasteiger partial charge in [0.1, 0.15) is 0 Å². The molecule has 0 radical (unpaired) electrons. The van der Waals surface area contributed by atoms with Crippen LogP contribution in [-0.2, 0) is 12.5 Å². The largest absolute Gasteiger partial charge is 0.453 e. The number of hydrogen-bond donors (Lipinski definition) is 0. The van der Waals surface area contributed by atoms with Crippen molar-refractivity contribution in [3.63, 3.8) is 0 Å². The monoisotopic (exact) mass is 658 g/mol. The molecule has 5 aromatic carbocycles. The number of benzene rings is 5. The molecule has 2 aliphatic rings. The van der Waals surface area contributed by atoms with E-state index in [1.165, 1.54) is 62.5 Å². The lowest BCUT2D eigenvalue weighted by molar-refractivity contribution is 0.477. The van der Waals surface area contributed by atoms with E-state index < -0.39 is 0 Å². The van der Waals surface area contributed by atoms with E-state index in [0.717, 1.165) is 40.4 Å². The van der Waals surface area contributed by atoms with Gasteiger partial charge in [-0.25, -0.2) is 0 Å². The Bertz CT molecular complexity index is 2250. The maximum absolute atomic E-state index is 6.51. The fraction of sp³-hybridized carbons (Fsp3) is 0.277. The van der Waals surface area contributed by atoms with Crippen molar-refractivity contribution < 1.29 is 4.74 Å². The van der Waals surface area contributed by atoms with Gasteiger partial charge in [-0.2, -0.15) is 0 Å². The second-order valence-electron chi connectivity index (χ2n) is 14.8. The Morgan fingerprint density at radius 1 is 0.760 bits per heavy atom. The van der Waals surface area contributed by atoms with Gasteiger partial charge < -0.3 is 14.2 Å². The summed E-state index contributed by atoms with van der Waals surface area (Å²) < 4.78 is 8.82. The predicted molar refractivity (Wildman–Crippen MR) is 214 cm³/mol. The fourth-order valence-electron chi connectivity index (χ4n) is 7.90. The maximum Gasteiger partial charge on any atom is 0.153 e. The van der Waals surface area contributed by atoms with Gasteiger partial charge in [-0.05, 0) is 109 Å². The van der Waals surface area contributed by atoms with Crippen LogP contribution in [0.3, 0.4) is 0 Å². The molecule has 1 aliphatic carbocycles. The third kappa shape index (κ3) is 5.93. The third-order valence-corrected chi connectivity index (χ3v) is 11.0. The first kappa shape index (κ1) is 33.5. The summed E-state index contributed by atoms with van der Waals surface area (Å²) >= 11 is 0. The van der Waals surface area contributed by atoms with E-state index in [4.69, 9.17) is 4.74 Å². The average Bonchev–Trinajstić information content (AvgIpc) is 3.39. The molecule has 3 nitrogen and oxygen atoms in total. The summed E-state index contributed by atoms with van der Waals surface area (Å²) in [6.07, 6.45) is 9.49. The van der Waals surface area contributed by atoms with Crippen LogP contribution in [0.4, 0.5) is 17.1 Å². The van der Waals surface area contributed by atoms with Crippen molar-refractivity contribution in [3.8, 4) is 11.5 Å². The van der Waals surface area contributed by atoms with E-state index in [0.29, 0.717) is 0 Å². The summed E-state index contributed by atoms with van der Waals surface area (Å²) in [5, 5.41) is 2.50. The van der Waals surface area contributed by atoms with Crippen molar-refractivity contribution in [2.45, 2.75) is 66.7 Å². The summed E-state index contributed by atoms with van der Waals surface area (Å²) in [6, 6.07) is 36.9. The quantitative estimate of drug-likeness (QED) is 0.183. The number of aromatic nitrogens is 1. The summed E-state index contributed by atoms with van der Waals surface area (Å²) in [5.74, 6) is 3.24. The number of aryl methyl sites for hydroxylation is 3. The molecule has 2 heterocycles. The van der Waals surface area contributed by atoms with Crippen LogP contribution in [0.25, 0.3) is 21.8 Å². The second kappa shape index (κ2) is 13.4. The van der Waals surface area contributed by atoms with Gasteiger partial charge in [-0.1, -0.05) is 107 Å². The highest BCUT2D eigenvalue weighted by atomic mass is 16.5. The number of fused-ring (bicyclic) bond motifs is 5. The minimum atomic E-state index is -0.117. The lowest BCUT2D eigenvalue weighted by Gasteiger charge is -2.33. The highest BCUT2D eigenvalue weighted by Gasteiger charge is 2.30. The van der Waals surface area contributed by atoms with Crippen LogP contribution >= 0.6 is 0 Å². The molecule has 0 N–H and O–H groups in total. The topological polar surface area (TPSA) is 17.4 Å². The van der Waals surface area contributed by atoms with Crippen LogP contribution in [0, 0.1) is 25.7 Å². The molecule has 50 heavy (non-hydrogen) atoms. The molecule has 0 spiro atoms. The number of para-hydroxylation sites is 3. The Labute approximate surface area is 298 Å². The molecule has 0 saturated carbocycles. The number of ether oxygens (including phenoxy) is 1. The number of rotatable bonds is 5. The molecular weight excluding hydrogens is 609 g/mol. The number of nitrogens with zero attached hydrogens (tertiary/aromatic N) is 2. The minimum absolute atomic E-state index is 0.117. The molecule has 0 amide bonds. The molecule has 2 unspecified atom stereocenters. The zero-order valence-corrected chi connectivity index (χ0v) is 30.9. The Morgan fingerprint density at radius 2 is 1.44 bits per heavy atom. The summed E-state index contributed by atoms with van der Waals surface area (Å²) in [6.45, 7) is 16.0. The summed E-state index contributed by atoms with van der Waals surface area (Å²) in [7, 11) is 2.17. The first-order valence-corrected chi connectivity index (χ1v) is 18.2. The maximum atomic E-state index is 6.51. The molecule has 1 aliphatic heterocycles. The van der Waals surface area contributed by atoms with E-state index in [-0.39, 0.29) is 5.41 Å². The van der Waals surface area contributed by atoms with Gasteiger partial charge >= 0.3 is 0 Å². The van der Waals surface area contributed by atoms with Gasteiger partial charge in [0.25, 0.3) is 0 Å². The van der Waals surface area contributed by atoms with Crippen LogP contribution in [0.5, 0.6) is 11.5 Å². The minimum Gasteiger partial charge on any atom is -0.453 e. The third-order valence-electron chi connectivity index (χ3n) is 11.0. The SMILES string of the molecule is CCC(C)C1=CCC(C)C=C1.Cc1ccccc1C(C)(C)c1cc2c(cc1C)c1cc3c(cc1n2C)Oc1ccccc1N3c1ccccc1. The van der Waals surface area contributed by atoms with Crippen LogP contribution < -0.4 is 9.64 Å². The van der Waals surface area contributed by atoms with Crippen molar-refractivity contribution in [1.82, 2.24) is 4.57 Å². The van der Waals surface area contributed by atoms with E-state index in [1.54, 1.807) is 0 Å². The second-order valence-corrected chi connectivity index (χ2v) is 14.8. The molecule has 0 saturated heterocycles. The number of allylic oxidation sites excluding steroid dienone is 4. The first-order chi connectivity index (χ1) is 24.1. The highest BCUT2D eigenvalue weighted by molar-refractivity contribution is 6.11. The molecule has 254 valence electrons. The molecule has 0 bridgehead atoms. The molecule has 8 rings (SSSR count). The molecule has 1 aromatic heterocycles. The van der Waals surface area contributed by atoms with Gasteiger partial charge in [0, 0.05) is 40.5 Å². The van der Waals surface area contributed by atoms with E-state index in [2.05, 4.69) is 174 Å². The first-order valence-electron chi connectivity index (χ1n) is 18.2. The van der Waals surface area contributed by atoms with Crippen LogP contribution in [0.15, 0.2) is 127 Å². The zero-order valence-electron chi connectivity index (χ0n) is 30.9. The van der Waals surface area contributed by atoms with Crippen molar-refractivity contribution in [1.29, 1.82) is 0 Å². The fourth-order valence-corrected chi connectivity index (χ4v) is 7.90. The van der Waals surface area contributed by atoms with E-state index >= 15 is 0 Å². The molecule has 6 aromatic rings. The van der Waals surface area contributed by atoms with E-state index in [9.17, 15) is 0 Å². The van der Waals surface area contributed by atoms with Gasteiger partial charge in [0.15, 0.2) is 11.5 Å². The van der Waals surface area contributed by atoms with Gasteiger partial charge in [-0.15, -0.1) is 0 Å². The van der Waals surface area contributed by atoms with Crippen molar-refractivity contribution in [2.75, 3.05) is 4.90 Å². The van der Waals surface area contributed by atoms with Crippen molar-refractivity contribution >= 4 is 38.9 Å². The van der Waals surface area contributed by atoms with Crippen LogP contribution in [0.2, 0.25) is 0 Å². The number of hydrogen-bond acceptors (Lipinski definition) is 2. The van der Waals surface area contributed by atoms with Gasteiger partial charge in [0.2, 0.25) is 0 Å². The smallest absolute Gasteiger partial charge is 0.153 e.